The number of carbonyl (C=O) groups is 1. The summed E-state index contributed by atoms with van der Waals surface area (Å²) in [5.41, 5.74) is 2.61. The van der Waals surface area contributed by atoms with Crippen molar-refractivity contribution in [1.29, 1.82) is 0 Å². The zero-order chi connectivity index (χ0) is 17.2. The lowest BCUT2D eigenvalue weighted by atomic mass is 9.99. The van der Waals surface area contributed by atoms with Crippen molar-refractivity contribution >= 4 is 33.2 Å². The number of thiophene rings is 1. The molecule has 2 aliphatic rings. The molecule has 25 heavy (non-hydrogen) atoms. The Balaban J connectivity index is 1.29. The van der Waals surface area contributed by atoms with Gasteiger partial charge in [0.25, 0.3) is 0 Å². The minimum absolute atomic E-state index is 0.263. The maximum Gasteiger partial charge on any atom is 0.226 e. The summed E-state index contributed by atoms with van der Waals surface area (Å²) in [6.07, 6.45) is 3.91. The van der Waals surface area contributed by atoms with Crippen LogP contribution in [-0.2, 0) is 24.2 Å². The normalized spacial score (nSPS) is 19.0. The number of piperidine rings is 1. The van der Waals surface area contributed by atoms with Gasteiger partial charge in [-0.3, -0.25) is 9.69 Å². The van der Waals surface area contributed by atoms with E-state index < -0.39 is 0 Å². The summed E-state index contributed by atoms with van der Waals surface area (Å²) in [6.45, 7) is 4.06. The predicted octanol–water partition coefficient (Wildman–Crippen LogP) is 4.10. The van der Waals surface area contributed by atoms with Gasteiger partial charge in [0.05, 0.1) is 6.42 Å². The van der Waals surface area contributed by atoms with Crippen LogP contribution in [0, 0.1) is 0 Å². The Labute approximate surface area is 161 Å². The zero-order valence-electron chi connectivity index (χ0n) is 14.3. The third-order valence-electron chi connectivity index (χ3n) is 5.44. The van der Waals surface area contributed by atoms with Gasteiger partial charge in [-0.05, 0) is 54.0 Å². The summed E-state index contributed by atoms with van der Waals surface area (Å²) in [5.74, 6) is 0.263. The Hall–Kier alpha value is -1.17. The molecular weight excluding hydrogens is 396 g/mol. The summed E-state index contributed by atoms with van der Waals surface area (Å²) in [7, 11) is 0. The Morgan fingerprint density at radius 2 is 1.88 bits per heavy atom. The number of nitrogens with zero attached hydrogens (tertiary/aromatic N) is 2. The average molecular weight is 419 g/mol. The molecule has 1 aromatic heterocycles. The average Bonchev–Trinajstić information content (AvgIpc) is 3.11. The van der Waals surface area contributed by atoms with Gasteiger partial charge in [0.2, 0.25) is 5.91 Å². The molecule has 0 unspecified atom stereocenters. The summed E-state index contributed by atoms with van der Waals surface area (Å²) < 4.78 is 1.06. The minimum atomic E-state index is 0.263. The van der Waals surface area contributed by atoms with Crippen molar-refractivity contribution in [1.82, 2.24) is 9.80 Å². The van der Waals surface area contributed by atoms with Gasteiger partial charge >= 0.3 is 0 Å². The number of carbonyl (C=O) groups excluding carboxylic acids is 1. The van der Waals surface area contributed by atoms with Crippen LogP contribution in [0.2, 0.25) is 0 Å². The maximum atomic E-state index is 12.6. The smallest absolute Gasteiger partial charge is 0.226 e. The SMILES string of the molecule is O=C(Cc1ccc(Br)cc1)N1CCC(N2CCc3sccc3C2)CC1. The van der Waals surface area contributed by atoms with Crippen LogP contribution in [0.5, 0.6) is 0 Å². The first kappa shape index (κ1) is 17.3. The summed E-state index contributed by atoms with van der Waals surface area (Å²) in [4.78, 5) is 18.8. The standard InChI is InChI=1S/C20H23BrN2OS/c21-17-3-1-15(2-4-17)13-20(24)22-9-5-18(6-10-22)23-11-7-19-16(14-23)8-12-25-19/h1-4,8,12,18H,5-7,9-11,13-14H2. The van der Waals surface area contributed by atoms with Crippen molar-refractivity contribution in [2.45, 2.75) is 38.3 Å². The Bertz CT molecular complexity index is 734. The van der Waals surface area contributed by atoms with Gasteiger partial charge in [-0.1, -0.05) is 28.1 Å². The van der Waals surface area contributed by atoms with Crippen LogP contribution in [0.15, 0.2) is 40.2 Å². The van der Waals surface area contributed by atoms with Crippen LogP contribution in [0.25, 0.3) is 0 Å². The van der Waals surface area contributed by atoms with E-state index in [1.54, 1.807) is 4.88 Å². The molecule has 1 amide bonds. The fourth-order valence-electron chi connectivity index (χ4n) is 3.95. The molecular formula is C20H23BrN2OS. The van der Waals surface area contributed by atoms with Gasteiger partial charge in [-0.25, -0.2) is 0 Å². The second-order valence-corrected chi connectivity index (χ2v) is 8.92. The lowest BCUT2D eigenvalue weighted by Gasteiger charge is -2.40. The van der Waals surface area contributed by atoms with Crippen molar-refractivity contribution in [3.63, 3.8) is 0 Å². The molecule has 4 rings (SSSR count). The van der Waals surface area contributed by atoms with Crippen molar-refractivity contribution < 1.29 is 4.79 Å². The zero-order valence-corrected chi connectivity index (χ0v) is 16.7. The highest BCUT2D eigenvalue weighted by Crippen LogP contribution is 2.28. The number of benzene rings is 1. The van der Waals surface area contributed by atoms with Gasteiger partial charge in [0, 0.05) is 41.6 Å². The molecule has 1 aromatic carbocycles. The highest BCUT2D eigenvalue weighted by atomic mass is 79.9. The highest BCUT2D eigenvalue weighted by molar-refractivity contribution is 9.10. The fraction of sp³-hybridized carbons (Fsp3) is 0.450. The number of amides is 1. The van der Waals surface area contributed by atoms with Gasteiger partial charge in [0.15, 0.2) is 0 Å². The molecule has 0 spiro atoms. The molecule has 2 aliphatic heterocycles. The molecule has 2 aromatic rings. The van der Waals surface area contributed by atoms with Gasteiger partial charge in [-0.2, -0.15) is 0 Å². The number of fused-ring (bicyclic) bond motifs is 1. The monoisotopic (exact) mass is 418 g/mol. The lowest BCUT2D eigenvalue weighted by Crippen LogP contribution is -2.48. The van der Waals surface area contributed by atoms with Crippen LogP contribution in [0.4, 0.5) is 0 Å². The van der Waals surface area contributed by atoms with Crippen LogP contribution < -0.4 is 0 Å². The second kappa shape index (κ2) is 7.60. The third-order valence-corrected chi connectivity index (χ3v) is 6.99. The van der Waals surface area contributed by atoms with Crippen LogP contribution in [-0.4, -0.2) is 41.4 Å². The Morgan fingerprint density at radius 3 is 2.64 bits per heavy atom. The first-order chi connectivity index (χ1) is 12.2. The molecule has 0 bridgehead atoms. The first-order valence-corrected chi connectivity index (χ1v) is 10.7. The molecule has 0 radical (unpaired) electrons. The topological polar surface area (TPSA) is 23.6 Å². The molecule has 1 saturated heterocycles. The number of halogens is 1. The van der Waals surface area contributed by atoms with Crippen molar-refractivity contribution in [3.05, 3.63) is 56.2 Å². The quantitative estimate of drug-likeness (QED) is 0.748. The molecule has 132 valence electrons. The van der Waals surface area contributed by atoms with E-state index in [0.29, 0.717) is 12.5 Å². The van der Waals surface area contributed by atoms with E-state index in [2.05, 4.69) is 37.2 Å². The van der Waals surface area contributed by atoms with E-state index in [0.717, 1.165) is 42.5 Å². The van der Waals surface area contributed by atoms with Crippen LogP contribution in [0.1, 0.15) is 28.8 Å². The van der Waals surface area contributed by atoms with E-state index in [-0.39, 0.29) is 5.91 Å². The van der Waals surface area contributed by atoms with Gasteiger partial charge in [0.1, 0.15) is 0 Å². The second-order valence-electron chi connectivity index (χ2n) is 7.00. The minimum Gasteiger partial charge on any atom is -0.342 e. The summed E-state index contributed by atoms with van der Waals surface area (Å²) in [6, 6.07) is 11.0. The van der Waals surface area contributed by atoms with Crippen molar-refractivity contribution in [3.8, 4) is 0 Å². The molecule has 3 heterocycles. The van der Waals surface area contributed by atoms with E-state index in [1.807, 2.05) is 35.6 Å². The van der Waals surface area contributed by atoms with Crippen LogP contribution in [0.3, 0.4) is 0 Å². The number of rotatable bonds is 3. The Morgan fingerprint density at radius 1 is 1.12 bits per heavy atom. The molecule has 0 N–H and O–H groups in total. The molecule has 5 heteroatoms. The summed E-state index contributed by atoms with van der Waals surface area (Å²) in [5, 5.41) is 2.22. The van der Waals surface area contributed by atoms with Gasteiger partial charge in [-0.15, -0.1) is 11.3 Å². The number of hydrogen-bond donors (Lipinski definition) is 0. The fourth-order valence-corrected chi connectivity index (χ4v) is 5.11. The van der Waals surface area contributed by atoms with E-state index >= 15 is 0 Å². The van der Waals surface area contributed by atoms with Gasteiger partial charge < -0.3 is 4.90 Å². The number of hydrogen-bond acceptors (Lipinski definition) is 3. The van der Waals surface area contributed by atoms with E-state index in [1.165, 1.54) is 18.5 Å². The molecule has 1 fully saturated rings. The molecule has 3 nitrogen and oxygen atoms in total. The molecule has 0 saturated carbocycles. The third kappa shape index (κ3) is 3.99. The maximum absolute atomic E-state index is 12.6. The van der Waals surface area contributed by atoms with Crippen molar-refractivity contribution in [2.75, 3.05) is 19.6 Å². The number of likely N-dealkylation sites (tertiary alicyclic amines) is 1. The van der Waals surface area contributed by atoms with E-state index in [4.69, 9.17) is 0 Å². The van der Waals surface area contributed by atoms with Crippen LogP contribution >= 0.6 is 27.3 Å². The first-order valence-electron chi connectivity index (χ1n) is 9.00. The molecule has 0 aliphatic carbocycles. The summed E-state index contributed by atoms with van der Waals surface area (Å²) >= 11 is 5.34. The largest absolute Gasteiger partial charge is 0.342 e. The van der Waals surface area contributed by atoms with Crippen molar-refractivity contribution in [2.24, 2.45) is 0 Å². The predicted molar refractivity (Wildman–Crippen MR) is 106 cm³/mol. The lowest BCUT2D eigenvalue weighted by molar-refractivity contribution is -0.132. The highest BCUT2D eigenvalue weighted by Gasteiger charge is 2.29. The van der Waals surface area contributed by atoms with E-state index in [9.17, 15) is 4.79 Å². The molecule has 0 atom stereocenters. The Kier molecular flexibility index (Phi) is 5.25.